The van der Waals surface area contributed by atoms with Gasteiger partial charge in [0, 0.05) is 13.1 Å². The summed E-state index contributed by atoms with van der Waals surface area (Å²) >= 11 is 0. The smallest absolute Gasteiger partial charge is 0.321 e. The highest BCUT2D eigenvalue weighted by Crippen LogP contribution is 2.34. The van der Waals surface area contributed by atoms with E-state index in [4.69, 9.17) is 4.74 Å². The van der Waals surface area contributed by atoms with Crippen LogP contribution in [0.4, 0.5) is 4.79 Å². The third-order valence-corrected chi connectivity index (χ3v) is 4.76. The molecule has 9 nitrogen and oxygen atoms in total. The maximum absolute atomic E-state index is 12.3. The Bertz CT molecular complexity index is 647. The van der Waals surface area contributed by atoms with E-state index < -0.39 is 24.5 Å². The second kappa shape index (κ2) is 10.0. The van der Waals surface area contributed by atoms with Gasteiger partial charge in [0.05, 0.1) is 18.3 Å². The normalized spacial score (nSPS) is 20.9. The lowest BCUT2D eigenvalue weighted by Crippen LogP contribution is -2.42. The molecule has 0 unspecified atom stereocenters. The zero-order chi connectivity index (χ0) is 20.7. The Labute approximate surface area is 163 Å². The van der Waals surface area contributed by atoms with Crippen LogP contribution in [0, 0.1) is 17.8 Å². The third-order valence-electron chi connectivity index (χ3n) is 4.76. The monoisotopic (exact) mass is 393 g/mol. The quantitative estimate of drug-likeness (QED) is 0.356. The molecule has 28 heavy (non-hydrogen) atoms. The van der Waals surface area contributed by atoms with E-state index in [-0.39, 0.29) is 36.6 Å². The predicted molar refractivity (Wildman–Crippen MR) is 98.6 cm³/mol. The van der Waals surface area contributed by atoms with Gasteiger partial charge in [-0.15, -0.1) is 0 Å². The summed E-state index contributed by atoms with van der Waals surface area (Å²) in [5, 5.41) is 4.59. The Kier molecular flexibility index (Phi) is 7.71. The summed E-state index contributed by atoms with van der Waals surface area (Å²) in [4.78, 5) is 60.6. The number of nitrogens with one attached hydrogen (secondary N) is 2. The van der Waals surface area contributed by atoms with E-state index in [0.29, 0.717) is 25.3 Å². The molecule has 1 aliphatic carbocycles. The van der Waals surface area contributed by atoms with Crippen molar-refractivity contribution in [3.8, 4) is 0 Å². The number of hydrogen-bond acceptors (Lipinski definition) is 6. The number of fused-ring (bicyclic) bond motifs is 1. The molecule has 0 aromatic rings. The number of ether oxygens (including phenoxy) is 1. The SMILES string of the molecule is CC(C)CCNC(=O)NC(=O)COC(=O)CCN1C(=O)[C@H]2CC=CC[C@H]2C1=O. The van der Waals surface area contributed by atoms with Crippen LogP contribution < -0.4 is 10.6 Å². The van der Waals surface area contributed by atoms with Crippen LogP contribution in [0.5, 0.6) is 0 Å². The molecule has 154 valence electrons. The molecule has 2 rings (SSSR count). The lowest BCUT2D eigenvalue weighted by molar-refractivity contribution is -0.149. The lowest BCUT2D eigenvalue weighted by Gasteiger charge is -2.14. The van der Waals surface area contributed by atoms with Crippen molar-refractivity contribution >= 4 is 29.7 Å². The van der Waals surface area contributed by atoms with Gasteiger partial charge >= 0.3 is 12.0 Å². The first kappa shape index (κ1) is 21.6. The van der Waals surface area contributed by atoms with Crippen LogP contribution in [0.3, 0.4) is 0 Å². The highest BCUT2D eigenvalue weighted by Gasteiger charge is 2.46. The largest absolute Gasteiger partial charge is 0.456 e. The number of allylic oxidation sites excluding steroid dienone is 2. The van der Waals surface area contributed by atoms with Gasteiger partial charge in [0.2, 0.25) is 11.8 Å². The van der Waals surface area contributed by atoms with E-state index in [9.17, 15) is 24.0 Å². The maximum Gasteiger partial charge on any atom is 0.321 e. The van der Waals surface area contributed by atoms with Crippen LogP contribution in [-0.2, 0) is 23.9 Å². The van der Waals surface area contributed by atoms with Gasteiger partial charge in [-0.05, 0) is 25.2 Å². The Morgan fingerprint density at radius 1 is 1.14 bits per heavy atom. The summed E-state index contributed by atoms with van der Waals surface area (Å²) in [6.45, 7) is 3.79. The summed E-state index contributed by atoms with van der Waals surface area (Å²) in [6.07, 6.45) is 5.44. The van der Waals surface area contributed by atoms with Crippen molar-refractivity contribution in [1.29, 1.82) is 0 Å². The second-order valence-electron chi connectivity index (χ2n) is 7.38. The van der Waals surface area contributed by atoms with Gasteiger partial charge in [0.15, 0.2) is 6.61 Å². The number of carbonyl (C=O) groups excluding carboxylic acids is 5. The molecule has 0 bridgehead atoms. The fourth-order valence-electron chi connectivity index (χ4n) is 3.19. The van der Waals surface area contributed by atoms with Crippen molar-refractivity contribution in [2.45, 2.75) is 39.5 Å². The van der Waals surface area contributed by atoms with Crippen molar-refractivity contribution in [1.82, 2.24) is 15.5 Å². The fourth-order valence-corrected chi connectivity index (χ4v) is 3.19. The van der Waals surface area contributed by atoms with E-state index in [1.807, 2.05) is 26.0 Å². The van der Waals surface area contributed by atoms with Crippen LogP contribution in [0.15, 0.2) is 12.2 Å². The molecule has 9 heteroatoms. The van der Waals surface area contributed by atoms with E-state index in [0.717, 1.165) is 11.3 Å². The molecule has 5 amide bonds. The summed E-state index contributed by atoms with van der Waals surface area (Å²) < 4.78 is 4.80. The van der Waals surface area contributed by atoms with Gasteiger partial charge in [0.1, 0.15) is 0 Å². The Balaban J connectivity index is 1.66. The zero-order valence-corrected chi connectivity index (χ0v) is 16.2. The molecule has 0 aromatic carbocycles. The molecule has 1 saturated heterocycles. The standard InChI is InChI=1S/C19H27N3O6/c1-12(2)7-9-20-19(27)21-15(23)11-28-16(24)8-10-22-17(25)13-5-3-4-6-14(13)18(22)26/h3-4,12-14H,5-11H2,1-2H3,(H2,20,21,23,27)/t13-,14+. The van der Waals surface area contributed by atoms with Gasteiger partial charge in [0.25, 0.3) is 5.91 Å². The predicted octanol–water partition coefficient (Wildman–Crippen LogP) is 0.743. The van der Waals surface area contributed by atoms with Crippen molar-refractivity contribution in [3.05, 3.63) is 12.2 Å². The van der Waals surface area contributed by atoms with Crippen LogP contribution in [-0.4, -0.2) is 54.3 Å². The average Bonchev–Trinajstić information content (AvgIpc) is 2.89. The van der Waals surface area contributed by atoms with E-state index in [1.165, 1.54) is 0 Å². The van der Waals surface area contributed by atoms with Crippen molar-refractivity contribution < 1.29 is 28.7 Å². The van der Waals surface area contributed by atoms with E-state index >= 15 is 0 Å². The molecule has 2 N–H and O–H groups in total. The number of urea groups is 1. The minimum absolute atomic E-state index is 0.0686. The molecule has 2 aliphatic rings. The number of imide groups is 2. The second-order valence-corrected chi connectivity index (χ2v) is 7.38. The minimum atomic E-state index is -0.749. The molecule has 1 fully saturated rings. The van der Waals surface area contributed by atoms with E-state index in [1.54, 1.807) is 0 Å². The molecular formula is C19H27N3O6. The first-order valence-electron chi connectivity index (χ1n) is 9.53. The summed E-state index contributed by atoms with van der Waals surface area (Å²) in [6, 6.07) is -0.647. The molecule has 0 saturated carbocycles. The zero-order valence-electron chi connectivity index (χ0n) is 16.2. The Morgan fingerprint density at radius 2 is 1.75 bits per heavy atom. The number of likely N-dealkylation sites (tertiary alicyclic amines) is 1. The number of amides is 5. The summed E-state index contributed by atoms with van der Waals surface area (Å²) in [7, 11) is 0. The lowest BCUT2D eigenvalue weighted by atomic mass is 9.85. The van der Waals surface area contributed by atoms with Crippen molar-refractivity contribution in [2.24, 2.45) is 17.8 Å². The minimum Gasteiger partial charge on any atom is -0.456 e. The third kappa shape index (κ3) is 5.90. The number of nitrogens with zero attached hydrogens (tertiary/aromatic N) is 1. The topological polar surface area (TPSA) is 122 Å². The molecule has 0 aromatic heterocycles. The highest BCUT2D eigenvalue weighted by atomic mass is 16.5. The van der Waals surface area contributed by atoms with Gasteiger partial charge in [-0.2, -0.15) is 0 Å². The molecule has 2 atom stereocenters. The van der Waals surface area contributed by atoms with Crippen LogP contribution in [0.25, 0.3) is 0 Å². The highest BCUT2D eigenvalue weighted by molar-refractivity contribution is 6.05. The van der Waals surface area contributed by atoms with Crippen LogP contribution in [0.2, 0.25) is 0 Å². The summed E-state index contributed by atoms with van der Waals surface area (Å²) in [5.74, 6) is -2.25. The molecular weight excluding hydrogens is 366 g/mol. The first-order chi connectivity index (χ1) is 13.3. The number of hydrogen-bond donors (Lipinski definition) is 2. The van der Waals surface area contributed by atoms with Gasteiger partial charge in [-0.3, -0.25) is 29.4 Å². The Hall–Kier alpha value is -2.71. The average molecular weight is 393 g/mol. The molecule has 1 heterocycles. The Morgan fingerprint density at radius 3 is 2.32 bits per heavy atom. The number of carbonyl (C=O) groups is 5. The molecule has 0 spiro atoms. The van der Waals surface area contributed by atoms with Gasteiger partial charge in [-0.25, -0.2) is 4.79 Å². The molecule has 1 aliphatic heterocycles. The van der Waals surface area contributed by atoms with Crippen molar-refractivity contribution in [2.75, 3.05) is 19.7 Å². The van der Waals surface area contributed by atoms with Gasteiger partial charge in [-0.1, -0.05) is 26.0 Å². The van der Waals surface area contributed by atoms with E-state index in [2.05, 4.69) is 10.6 Å². The summed E-state index contributed by atoms with van der Waals surface area (Å²) in [5.41, 5.74) is 0. The number of esters is 1. The van der Waals surface area contributed by atoms with Crippen LogP contribution in [0.1, 0.15) is 39.5 Å². The van der Waals surface area contributed by atoms with Crippen molar-refractivity contribution in [3.63, 3.8) is 0 Å². The fraction of sp³-hybridized carbons (Fsp3) is 0.632. The first-order valence-corrected chi connectivity index (χ1v) is 9.53. The van der Waals surface area contributed by atoms with Crippen LogP contribution >= 0.6 is 0 Å². The molecule has 0 radical (unpaired) electrons. The number of rotatable bonds is 8. The maximum atomic E-state index is 12.3. The van der Waals surface area contributed by atoms with Gasteiger partial charge < -0.3 is 10.1 Å².